The molecule has 1 rings (SSSR count). The minimum absolute atomic E-state index is 0.0286. The Kier molecular flexibility index (Phi) is 4.01. The molecule has 7 nitrogen and oxygen atoms in total. The first-order valence-electron chi connectivity index (χ1n) is 4.74. The molecule has 0 aromatic carbocycles. The van der Waals surface area contributed by atoms with Gasteiger partial charge < -0.3 is 15.3 Å². The highest BCUT2D eigenvalue weighted by Crippen LogP contribution is 2.22. The van der Waals surface area contributed by atoms with Crippen molar-refractivity contribution in [3.8, 4) is 0 Å². The van der Waals surface area contributed by atoms with Crippen LogP contribution >= 0.6 is 0 Å². The molecule has 1 aromatic heterocycles. The summed E-state index contributed by atoms with van der Waals surface area (Å²) in [6.45, 7) is 0.340. The molecule has 0 amide bonds. The maximum Gasteiger partial charge on any atom is 0.276 e. The standard InChI is InChI=1S/C9H14N4O3/c1-10-8-5-7(13(15)16)6-9(11-8)12(2)3-4-14/h5-6,14H,3-4H2,1-2H3,(H,10,11). The monoisotopic (exact) mass is 226 g/mol. The molecule has 0 fully saturated rings. The second-order valence-electron chi connectivity index (χ2n) is 3.22. The van der Waals surface area contributed by atoms with E-state index in [1.54, 1.807) is 19.0 Å². The Balaban J connectivity index is 3.08. The fourth-order valence-corrected chi connectivity index (χ4v) is 1.20. The van der Waals surface area contributed by atoms with Gasteiger partial charge in [0.05, 0.1) is 23.7 Å². The number of aromatic nitrogens is 1. The molecule has 0 aliphatic carbocycles. The van der Waals surface area contributed by atoms with E-state index in [4.69, 9.17) is 5.11 Å². The van der Waals surface area contributed by atoms with Gasteiger partial charge in [-0.3, -0.25) is 10.1 Å². The third-order valence-electron chi connectivity index (χ3n) is 2.09. The molecule has 1 aromatic rings. The number of nitro groups is 1. The number of nitrogens with zero attached hydrogens (tertiary/aromatic N) is 3. The van der Waals surface area contributed by atoms with Gasteiger partial charge in [0.25, 0.3) is 5.69 Å². The second-order valence-corrected chi connectivity index (χ2v) is 3.22. The summed E-state index contributed by atoms with van der Waals surface area (Å²) >= 11 is 0. The molecule has 7 heteroatoms. The minimum Gasteiger partial charge on any atom is -0.395 e. The van der Waals surface area contributed by atoms with Crippen molar-refractivity contribution in [1.82, 2.24) is 4.98 Å². The molecule has 0 saturated carbocycles. The summed E-state index contributed by atoms with van der Waals surface area (Å²) in [5, 5.41) is 22.2. The van der Waals surface area contributed by atoms with Crippen LogP contribution in [0.3, 0.4) is 0 Å². The average Bonchev–Trinajstić information content (AvgIpc) is 2.28. The van der Waals surface area contributed by atoms with Gasteiger partial charge in [0.1, 0.15) is 11.6 Å². The number of aliphatic hydroxyl groups is 1. The topological polar surface area (TPSA) is 91.5 Å². The third kappa shape index (κ3) is 2.80. The van der Waals surface area contributed by atoms with Gasteiger partial charge in [0.2, 0.25) is 0 Å². The molecule has 1 heterocycles. The largest absolute Gasteiger partial charge is 0.395 e. The predicted octanol–water partition coefficient (Wildman–Crippen LogP) is 0.460. The number of aliphatic hydroxyl groups excluding tert-OH is 1. The quantitative estimate of drug-likeness (QED) is 0.559. The van der Waals surface area contributed by atoms with E-state index in [0.29, 0.717) is 18.2 Å². The van der Waals surface area contributed by atoms with Crippen molar-refractivity contribution in [3.63, 3.8) is 0 Å². The van der Waals surface area contributed by atoms with E-state index in [0.717, 1.165) is 0 Å². The lowest BCUT2D eigenvalue weighted by Crippen LogP contribution is -2.22. The van der Waals surface area contributed by atoms with Crippen LogP contribution in [0.25, 0.3) is 0 Å². The Morgan fingerprint density at radius 3 is 2.81 bits per heavy atom. The van der Waals surface area contributed by atoms with E-state index in [-0.39, 0.29) is 12.3 Å². The lowest BCUT2D eigenvalue weighted by atomic mass is 10.3. The van der Waals surface area contributed by atoms with Gasteiger partial charge in [0, 0.05) is 20.6 Å². The minimum atomic E-state index is -0.473. The lowest BCUT2D eigenvalue weighted by Gasteiger charge is -2.17. The van der Waals surface area contributed by atoms with Crippen molar-refractivity contribution in [2.45, 2.75) is 0 Å². The van der Waals surface area contributed by atoms with Gasteiger partial charge in [-0.25, -0.2) is 4.98 Å². The van der Waals surface area contributed by atoms with Crippen molar-refractivity contribution >= 4 is 17.3 Å². The van der Waals surface area contributed by atoms with E-state index in [9.17, 15) is 10.1 Å². The van der Waals surface area contributed by atoms with Crippen LogP contribution in [0.2, 0.25) is 0 Å². The molecular weight excluding hydrogens is 212 g/mol. The number of hydrogen-bond donors (Lipinski definition) is 2. The van der Waals surface area contributed by atoms with Gasteiger partial charge in [-0.1, -0.05) is 0 Å². The van der Waals surface area contributed by atoms with Crippen LogP contribution in [0.15, 0.2) is 12.1 Å². The molecule has 0 bridgehead atoms. The van der Waals surface area contributed by atoms with E-state index in [2.05, 4.69) is 10.3 Å². The highest BCUT2D eigenvalue weighted by molar-refractivity contribution is 5.55. The van der Waals surface area contributed by atoms with Crippen LogP contribution in [-0.2, 0) is 0 Å². The first-order chi connectivity index (χ1) is 7.58. The van der Waals surface area contributed by atoms with Crippen LogP contribution in [-0.4, -0.2) is 42.3 Å². The molecular formula is C9H14N4O3. The summed E-state index contributed by atoms with van der Waals surface area (Å²) in [5.74, 6) is 0.876. The Hall–Kier alpha value is -1.89. The number of pyridine rings is 1. The SMILES string of the molecule is CNc1cc([N+](=O)[O-])cc(N(C)CCO)n1. The second kappa shape index (κ2) is 5.26. The molecule has 16 heavy (non-hydrogen) atoms. The lowest BCUT2D eigenvalue weighted by molar-refractivity contribution is -0.384. The fraction of sp³-hybridized carbons (Fsp3) is 0.444. The summed E-state index contributed by atoms with van der Waals surface area (Å²) in [6.07, 6.45) is 0. The normalized spacial score (nSPS) is 9.94. The van der Waals surface area contributed by atoms with Crippen LogP contribution in [0, 0.1) is 10.1 Å². The molecule has 0 aliphatic rings. The molecule has 0 radical (unpaired) electrons. The Bertz CT molecular complexity index is 383. The zero-order valence-corrected chi connectivity index (χ0v) is 9.17. The van der Waals surface area contributed by atoms with E-state index < -0.39 is 4.92 Å². The van der Waals surface area contributed by atoms with Crippen LogP contribution in [0.5, 0.6) is 0 Å². The van der Waals surface area contributed by atoms with Gasteiger partial charge in [-0.15, -0.1) is 0 Å². The van der Waals surface area contributed by atoms with E-state index in [1.165, 1.54) is 12.1 Å². The van der Waals surface area contributed by atoms with E-state index in [1.807, 2.05) is 0 Å². The predicted molar refractivity (Wildman–Crippen MR) is 60.8 cm³/mol. The Morgan fingerprint density at radius 1 is 1.62 bits per heavy atom. The van der Waals surface area contributed by atoms with E-state index >= 15 is 0 Å². The third-order valence-corrected chi connectivity index (χ3v) is 2.09. The van der Waals surface area contributed by atoms with Gasteiger partial charge in [0.15, 0.2) is 0 Å². The number of hydrogen-bond acceptors (Lipinski definition) is 6. The maximum absolute atomic E-state index is 10.7. The van der Waals surface area contributed by atoms with Crippen LogP contribution < -0.4 is 10.2 Å². The Morgan fingerprint density at radius 2 is 2.31 bits per heavy atom. The Labute approximate surface area is 92.9 Å². The zero-order chi connectivity index (χ0) is 12.1. The molecule has 2 N–H and O–H groups in total. The summed E-state index contributed by atoms with van der Waals surface area (Å²) < 4.78 is 0. The van der Waals surface area contributed by atoms with Crippen molar-refractivity contribution in [3.05, 3.63) is 22.2 Å². The number of nitrogens with one attached hydrogen (secondary N) is 1. The zero-order valence-electron chi connectivity index (χ0n) is 9.17. The first-order valence-corrected chi connectivity index (χ1v) is 4.74. The van der Waals surface area contributed by atoms with Crippen molar-refractivity contribution < 1.29 is 10.0 Å². The molecule has 0 saturated heterocycles. The van der Waals surface area contributed by atoms with Crippen molar-refractivity contribution in [2.24, 2.45) is 0 Å². The van der Waals surface area contributed by atoms with Gasteiger partial charge in [-0.05, 0) is 0 Å². The van der Waals surface area contributed by atoms with Crippen molar-refractivity contribution in [2.75, 3.05) is 37.5 Å². The summed E-state index contributed by atoms with van der Waals surface area (Å²) in [4.78, 5) is 16.0. The summed E-state index contributed by atoms with van der Waals surface area (Å²) in [7, 11) is 3.35. The maximum atomic E-state index is 10.7. The van der Waals surface area contributed by atoms with Crippen LogP contribution in [0.1, 0.15) is 0 Å². The average molecular weight is 226 g/mol. The van der Waals surface area contributed by atoms with Crippen LogP contribution in [0.4, 0.5) is 17.3 Å². The molecule has 88 valence electrons. The van der Waals surface area contributed by atoms with Gasteiger partial charge in [-0.2, -0.15) is 0 Å². The highest BCUT2D eigenvalue weighted by atomic mass is 16.6. The van der Waals surface area contributed by atoms with Crippen molar-refractivity contribution in [1.29, 1.82) is 0 Å². The highest BCUT2D eigenvalue weighted by Gasteiger charge is 2.12. The molecule has 0 unspecified atom stereocenters. The molecule has 0 aliphatic heterocycles. The molecule has 0 spiro atoms. The number of likely N-dealkylation sites (N-methyl/N-ethyl adjacent to an activating group) is 1. The first kappa shape index (κ1) is 12.2. The summed E-state index contributed by atoms with van der Waals surface area (Å²) in [6, 6.07) is 2.73. The smallest absolute Gasteiger partial charge is 0.276 e. The molecule has 0 atom stereocenters. The fourth-order valence-electron chi connectivity index (χ4n) is 1.20. The number of rotatable bonds is 5. The summed E-state index contributed by atoms with van der Waals surface area (Å²) in [5.41, 5.74) is -0.0286. The number of anilines is 2. The van der Waals surface area contributed by atoms with Gasteiger partial charge >= 0.3 is 0 Å².